The molecule has 2 saturated heterocycles. The van der Waals surface area contributed by atoms with Crippen LogP contribution in [0.5, 0.6) is 5.75 Å². The van der Waals surface area contributed by atoms with Crippen LogP contribution in [-0.2, 0) is 11.2 Å². The molecule has 1 aliphatic carbocycles. The Hall–Kier alpha value is -1.06. The van der Waals surface area contributed by atoms with Gasteiger partial charge >= 0.3 is 0 Å². The van der Waals surface area contributed by atoms with Gasteiger partial charge in [-0.15, -0.1) is 0 Å². The van der Waals surface area contributed by atoms with Gasteiger partial charge in [-0.05, 0) is 87.4 Å². The third-order valence-corrected chi connectivity index (χ3v) is 6.36. The zero-order chi connectivity index (χ0) is 16.5. The number of benzene rings is 1. The number of aryl methyl sites for hydroxylation is 1. The van der Waals surface area contributed by atoms with Crippen LogP contribution in [0.15, 0.2) is 12.1 Å². The maximum Gasteiger partial charge on any atom is 0.120 e. The van der Waals surface area contributed by atoms with Gasteiger partial charge < -0.3 is 14.4 Å². The largest absolute Gasteiger partial charge is 0.490 e. The van der Waals surface area contributed by atoms with Crippen LogP contribution in [-0.4, -0.2) is 43.9 Å². The van der Waals surface area contributed by atoms with Crippen molar-refractivity contribution in [2.24, 2.45) is 0 Å². The molecular formula is C21H31NO2. The van der Waals surface area contributed by atoms with Gasteiger partial charge in [-0.2, -0.15) is 0 Å². The molecule has 3 nitrogen and oxygen atoms in total. The molecule has 0 spiro atoms. The molecule has 3 aliphatic rings. The number of hydrogen-bond donors (Lipinski definition) is 0. The molecule has 3 heteroatoms. The van der Waals surface area contributed by atoms with E-state index in [2.05, 4.69) is 31.0 Å². The fourth-order valence-electron chi connectivity index (χ4n) is 4.89. The van der Waals surface area contributed by atoms with E-state index < -0.39 is 0 Å². The predicted octanol–water partition coefficient (Wildman–Crippen LogP) is 4.07. The molecule has 0 radical (unpaired) electrons. The summed E-state index contributed by atoms with van der Waals surface area (Å²) < 4.78 is 11.8. The highest BCUT2D eigenvalue weighted by molar-refractivity contribution is 5.46. The quantitative estimate of drug-likeness (QED) is 0.831. The standard InChI is InChI=1S/C21H31NO2/c1-15-12-19(24-18-7-10-23-11-8-18)14-21-16(5-6-20(15)21)13-17-4-3-9-22(17)2/h12,14,16-18H,3-11,13H2,1-2H3/t16-,17+/m0/s1. The lowest BCUT2D eigenvalue weighted by molar-refractivity contribution is 0.0255. The van der Waals surface area contributed by atoms with Crippen molar-refractivity contribution in [2.75, 3.05) is 26.8 Å². The predicted molar refractivity (Wildman–Crippen MR) is 97.0 cm³/mol. The Labute approximate surface area is 146 Å². The van der Waals surface area contributed by atoms with Crippen molar-refractivity contribution in [3.63, 3.8) is 0 Å². The number of fused-ring (bicyclic) bond motifs is 1. The lowest BCUT2D eigenvalue weighted by Gasteiger charge is -2.25. The second-order valence-electron chi connectivity index (χ2n) is 7.99. The maximum atomic E-state index is 6.31. The molecule has 0 N–H and O–H groups in total. The van der Waals surface area contributed by atoms with Crippen LogP contribution in [0, 0.1) is 6.92 Å². The van der Waals surface area contributed by atoms with E-state index in [0.29, 0.717) is 6.10 Å². The van der Waals surface area contributed by atoms with Gasteiger partial charge in [0.2, 0.25) is 0 Å². The highest BCUT2D eigenvalue weighted by Crippen LogP contribution is 2.42. The monoisotopic (exact) mass is 329 g/mol. The SMILES string of the molecule is Cc1cc(OC2CCOCC2)cc2c1CC[C@H]2C[C@H]1CCCN1C. The van der Waals surface area contributed by atoms with Crippen LogP contribution in [0.2, 0.25) is 0 Å². The Morgan fingerprint density at radius 3 is 2.75 bits per heavy atom. The molecule has 0 unspecified atom stereocenters. The summed E-state index contributed by atoms with van der Waals surface area (Å²) in [6.45, 7) is 5.21. The van der Waals surface area contributed by atoms with Crippen molar-refractivity contribution in [1.82, 2.24) is 4.90 Å². The van der Waals surface area contributed by atoms with Gasteiger partial charge in [-0.1, -0.05) is 0 Å². The Kier molecular flexibility index (Phi) is 4.82. The van der Waals surface area contributed by atoms with E-state index in [1.807, 2.05) is 0 Å². The zero-order valence-corrected chi connectivity index (χ0v) is 15.2. The molecule has 0 saturated carbocycles. The summed E-state index contributed by atoms with van der Waals surface area (Å²) in [5, 5.41) is 0. The lowest BCUT2D eigenvalue weighted by Crippen LogP contribution is -2.26. The highest BCUT2D eigenvalue weighted by atomic mass is 16.5. The maximum absolute atomic E-state index is 6.31. The summed E-state index contributed by atoms with van der Waals surface area (Å²) in [5.41, 5.74) is 4.61. The second-order valence-corrected chi connectivity index (χ2v) is 7.99. The van der Waals surface area contributed by atoms with Crippen molar-refractivity contribution < 1.29 is 9.47 Å². The summed E-state index contributed by atoms with van der Waals surface area (Å²) in [4.78, 5) is 2.56. The average molecular weight is 329 g/mol. The molecule has 4 rings (SSSR count). The van der Waals surface area contributed by atoms with Gasteiger partial charge in [0, 0.05) is 18.9 Å². The number of hydrogen-bond acceptors (Lipinski definition) is 3. The van der Waals surface area contributed by atoms with Crippen molar-refractivity contribution >= 4 is 0 Å². The lowest BCUT2D eigenvalue weighted by atomic mass is 9.92. The minimum atomic E-state index is 0.331. The van der Waals surface area contributed by atoms with E-state index in [-0.39, 0.29) is 0 Å². The van der Waals surface area contributed by atoms with E-state index in [1.165, 1.54) is 44.2 Å². The van der Waals surface area contributed by atoms with E-state index in [0.717, 1.165) is 43.8 Å². The third-order valence-electron chi connectivity index (χ3n) is 6.36. The molecule has 132 valence electrons. The first-order valence-electron chi connectivity index (χ1n) is 9.79. The minimum Gasteiger partial charge on any atom is -0.490 e. The Balaban J connectivity index is 1.50. The van der Waals surface area contributed by atoms with Crippen molar-refractivity contribution in [1.29, 1.82) is 0 Å². The first-order chi connectivity index (χ1) is 11.7. The van der Waals surface area contributed by atoms with Crippen molar-refractivity contribution in [3.8, 4) is 5.75 Å². The van der Waals surface area contributed by atoms with Crippen LogP contribution in [0.1, 0.15) is 61.1 Å². The molecule has 0 amide bonds. The molecule has 2 aliphatic heterocycles. The summed E-state index contributed by atoms with van der Waals surface area (Å²) >= 11 is 0. The Morgan fingerprint density at radius 2 is 2.00 bits per heavy atom. The summed E-state index contributed by atoms with van der Waals surface area (Å²) in [7, 11) is 2.30. The minimum absolute atomic E-state index is 0.331. The number of ether oxygens (including phenoxy) is 2. The normalized spacial score (nSPS) is 28.2. The van der Waals surface area contributed by atoms with Gasteiger partial charge in [0.25, 0.3) is 0 Å². The number of likely N-dealkylation sites (tertiary alicyclic amines) is 1. The van der Waals surface area contributed by atoms with Gasteiger partial charge in [0.05, 0.1) is 13.2 Å². The van der Waals surface area contributed by atoms with E-state index in [9.17, 15) is 0 Å². The topological polar surface area (TPSA) is 21.7 Å². The van der Waals surface area contributed by atoms with Crippen LogP contribution in [0.3, 0.4) is 0 Å². The molecule has 2 fully saturated rings. The Morgan fingerprint density at radius 1 is 1.17 bits per heavy atom. The molecule has 1 aromatic carbocycles. The number of rotatable bonds is 4. The van der Waals surface area contributed by atoms with Crippen LogP contribution < -0.4 is 4.74 Å². The van der Waals surface area contributed by atoms with Crippen LogP contribution in [0.25, 0.3) is 0 Å². The summed E-state index contributed by atoms with van der Waals surface area (Å²) in [6.07, 6.45) is 9.01. The molecule has 1 aromatic rings. The molecule has 0 bridgehead atoms. The van der Waals surface area contributed by atoms with Gasteiger partial charge in [0.1, 0.15) is 11.9 Å². The van der Waals surface area contributed by atoms with Gasteiger partial charge in [-0.3, -0.25) is 0 Å². The van der Waals surface area contributed by atoms with Crippen molar-refractivity contribution in [3.05, 3.63) is 28.8 Å². The average Bonchev–Trinajstić information content (AvgIpc) is 3.16. The summed E-state index contributed by atoms with van der Waals surface area (Å²) in [6, 6.07) is 5.41. The van der Waals surface area contributed by atoms with E-state index in [4.69, 9.17) is 9.47 Å². The van der Waals surface area contributed by atoms with Gasteiger partial charge in [-0.25, -0.2) is 0 Å². The molecule has 24 heavy (non-hydrogen) atoms. The van der Waals surface area contributed by atoms with Crippen molar-refractivity contribution in [2.45, 2.75) is 69.9 Å². The van der Waals surface area contributed by atoms with E-state index >= 15 is 0 Å². The zero-order valence-electron chi connectivity index (χ0n) is 15.2. The number of nitrogens with zero attached hydrogens (tertiary/aromatic N) is 1. The molecule has 0 aromatic heterocycles. The van der Waals surface area contributed by atoms with Gasteiger partial charge in [0.15, 0.2) is 0 Å². The molecule has 2 heterocycles. The van der Waals surface area contributed by atoms with Crippen LogP contribution in [0.4, 0.5) is 0 Å². The first-order valence-corrected chi connectivity index (χ1v) is 9.79. The first kappa shape index (κ1) is 16.4. The van der Waals surface area contributed by atoms with Crippen LogP contribution >= 0.6 is 0 Å². The van der Waals surface area contributed by atoms with E-state index in [1.54, 1.807) is 11.1 Å². The summed E-state index contributed by atoms with van der Waals surface area (Å²) in [5.74, 6) is 1.81. The molecular weight excluding hydrogens is 298 g/mol. The Bertz CT molecular complexity index is 579. The second kappa shape index (κ2) is 7.05. The molecule has 2 atom stereocenters. The third kappa shape index (κ3) is 3.34. The highest BCUT2D eigenvalue weighted by Gasteiger charge is 2.30. The fraction of sp³-hybridized carbons (Fsp3) is 0.714. The smallest absolute Gasteiger partial charge is 0.120 e. The fourth-order valence-corrected chi connectivity index (χ4v) is 4.89.